The summed E-state index contributed by atoms with van der Waals surface area (Å²) in [6.45, 7) is 6.05. The summed E-state index contributed by atoms with van der Waals surface area (Å²) in [6, 6.07) is 8.83. The number of urea groups is 1. The van der Waals surface area contributed by atoms with Crippen LogP contribution in [0.5, 0.6) is 11.5 Å². The van der Waals surface area contributed by atoms with E-state index in [1.54, 1.807) is 30.3 Å². The molecular formula is C22H20BrFN2O4. The number of ether oxygens (including phenoxy) is 2. The number of halogens is 2. The van der Waals surface area contributed by atoms with E-state index >= 15 is 0 Å². The second kappa shape index (κ2) is 9.58. The Morgan fingerprint density at radius 1 is 1.20 bits per heavy atom. The number of rotatable bonds is 8. The Hall–Kier alpha value is -3.13. The van der Waals surface area contributed by atoms with Crippen LogP contribution < -0.4 is 14.8 Å². The second-order valence-corrected chi connectivity index (χ2v) is 7.18. The van der Waals surface area contributed by atoms with Gasteiger partial charge in [-0.15, -0.1) is 0 Å². The van der Waals surface area contributed by atoms with Crippen LogP contribution in [-0.4, -0.2) is 30.1 Å². The Morgan fingerprint density at radius 2 is 1.93 bits per heavy atom. The summed E-state index contributed by atoms with van der Waals surface area (Å²) in [5.74, 6) is -0.00189. The van der Waals surface area contributed by atoms with Gasteiger partial charge in [-0.3, -0.25) is 9.69 Å². The minimum atomic E-state index is -0.610. The fourth-order valence-electron chi connectivity index (χ4n) is 2.86. The molecule has 3 rings (SSSR count). The maximum atomic E-state index is 13.9. The van der Waals surface area contributed by atoms with Gasteiger partial charge in [-0.05, 0) is 36.8 Å². The maximum Gasteiger partial charge on any atom is 0.329 e. The van der Waals surface area contributed by atoms with Crippen LogP contribution in [0.1, 0.15) is 18.1 Å². The molecule has 0 unspecified atom stereocenters. The lowest BCUT2D eigenvalue weighted by Gasteiger charge is -2.13. The number of carbonyl (C=O) groups is 2. The quantitative estimate of drug-likeness (QED) is 0.343. The van der Waals surface area contributed by atoms with Crippen molar-refractivity contribution in [2.45, 2.75) is 13.5 Å². The van der Waals surface area contributed by atoms with Crippen LogP contribution in [-0.2, 0) is 11.3 Å². The fourth-order valence-corrected chi connectivity index (χ4v) is 3.30. The van der Waals surface area contributed by atoms with Crippen molar-refractivity contribution < 1.29 is 23.5 Å². The van der Waals surface area contributed by atoms with Gasteiger partial charge in [0.25, 0.3) is 5.91 Å². The molecule has 0 radical (unpaired) electrons. The van der Waals surface area contributed by atoms with Crippen molar-refractivity contribution in [2.75, 3.05) is 13.2 Å². The zero-order valence-corrected chi connectivity index (χ0v) is 17.9. The topological polar surface area (TPSA) is 67.9 Å². The Bertz CT molecular complexity index is 1020. The monoisotopic (exact) mass is 474 g/mol. The summed E-state index contributed by atoms with van der Waals surface area (Å²) in [5.41, 5.74) is 0.950. The second-order valence-electron chi connectivity index (χ2n) is 6.32. The van der Waals surface area contributed by atoms with Crippen molar-refractivity contribution in [1.29, 1.82) is 0 Å². The van der Waals surface area contributed by atoms with Crippen LogP contribution in [0.3, 0.4) is 0 Å². The first-order valence-electron chi connectivity index (χ1n) is 9.22. The standard InChI is InChI=1S/C22H20BrFN2O4/c1-3-9-30-20-12-16(23)15(11-19(20)29-4-2)10-18-21(27)26(22(28)25-18)13-14-7-5-6-8-17(14)24/h3,5-8,10-12H,1,4,9,13H2,2H3,(H,25,28)/b18-10+. The van der Waals surface area contributed by atoms with Gasteiger partial charge in [0, 0.05) is 10.0 Å². The molecule has 2 aromatic carbocycles. The minimum absolute atomic E-state index is 0.0826. The zero-order chi connectivity index (χ0) is 21.7. The molecule has 8 heteroatoms. The normalized spacial score (nSPS) is 14.8. The van der Waals surface area contributed by atoms with E-state index in [1.165, 1.54) is 18.2 Å². The number of imide groups is 1. The molecule has 156 valence electrons. The Balaban J connectivity index is 1.88. The lowest BCUT2D eigenvalue weighted by atomic mass is 10.1. The van der Waals surface area contributed by atoms with Crippen LogP contribution in [0.2, 0.25) is 0 Å². The first kappa shape index (κ1) is 21.6. The Labute approximate surface area is 182 Å². The fraction of sp³-hybridized carbons (Fsp3) is 0.182. The predicted octanol–water partition coefficient (Wildman–Crippen LogP) is 4.64. The Kier molecular flexibility index (Phi) is 6.89. The third-order valence-corrected chi connectivity index (χ3v) is 4.95. The molecule has 0 aliphatic carbocycles. The molecule has 1 aliphatic rings. The van der Waals surface area contributed by atoms with Gasteiger partial charge < -0.3 is 14.8 Å². The van der Waals surface area contributed by atoms with E-state index < -0.39 is 17.8 Å². The minimum Gasteiger partial charge on any atom is -0.490 e. The third kappa shape index (κ3) is 4.71. The number of carbonyl (C=O) groups excluding carboxylic acids is 2. The van der Waals surface area contributed by atoms with Gasteiger partial charge in [0.15, 0.2) is 11.5 Å². The summed E-state index contributed by atoms with van der Waals surface area (Å²) >= 11 is 3.45. The van der Waals surface area contributed by atoms with Gasteiger partial charge in [-0.25, -0.2) is 9.18 Å². The van der Waals surface area contributed by atoms with Crippen LogP contribution in [0.4, 0.5) is 9.18 Å². The summed E-state index contributed by atoms with van der Waals surface area (Å²) < 4.78 is 25.8. The molecule has 1 N–H and O–H groups in total. The largest absolute Gasteiger partial charge is 0.490 e. The molecule has 2 aromatic rings. The van der Waals surface area contributed by atoms with Gasteiger partial charge in [-0.2, -0.15) is 0 Å². The molecule has 1 aliphatic heterocycles. The summed E-state index contributed by atoms with van der Waals surface area (Å²) in [6.07, 6.45) is 3.15. The molecule has 6 nitrogen and oxygen atoms in total. The van der Waals surface area contributed by atoms with Crippen molar-refractivity contribution in [3.63, 3.8) is 0 Å². The van der Waals surface area contributed by atoms with E-state index in [2.05, 4.69) is 27.8 Å². The van der Waals surface area contributed by atoms with Gasteiger partial charge in [-0.1, -0.05) is 46.8 Å². The lowest BCUT2D eigenvalue weighted by Crippen LogP contribution is -2.30. The van der Waals surface area contributed by atoms with Crippen molar-refractivity contribution in [3.05, 3.63) is 76.2 Å². The number of nitrogens with one attached hydrogen (secondary N) is 1. The number of amides is 3. The highest BCUT2D eigenvalue weighted by Gasteiger charge is 2.34. The Morgan fingerprint density at radius 3 is 2.63 bits per heavy atom. The molecule has 0 aromatic heterocycles. The van der Waals surface area contributed by atoms with Gasteiger partial charge >= 0.3 is 6.03 Å². The first-order chi connectivity index (χ1) is 14.4. The number of hydrogen-bond donors (Lipinski definition) is 1. The molecule has 30 heavy (non-hydrogen) atoms. The van der Waals surface area contributed by atoms with Gasteiger partial charge in [0.05, 0.1) is 13.2 Å². The molecule has 1 fully saturated rings. The number of benzene rings is 2. The molecule has 0 saturated carbocycles. The van der Waals surface area contributed by atoms with Crippen LogP contribution in [0.15, 0.2) is 59.2 Å². The molecule has 1 heterocycles. The highest BCUT2D eigenvalue weighted by atomic mass is 79.9. The predicted molar refractivity (Wildman–Crippen MR) is 114 cm³/mol. The van der Waals surface area contributed by atoms with Crippen LogP contribution >= 0.6 is 15.9 Å². The smallest absolute Gasteiger partial charge is 0.329 e. The van der Waals surface area contributed by atoms with Crippen molar-refractivity contribution in [1.82, 2.24) is 10.2 Å². The molecule has 3 amide bonds. The first-order valence-corrected chi connectivity index (χ1v) is 10.0. The lowest BCUT2D eigenvalue weighted by molar-refractivity contribution is -0.123. The van der Waals surface area contributed by atoms with E-state index in [0.717, 1.165) is 4.90 Å². The van der Waals surface area contributed by atoms with Gasteiger partial charge in [0.2, 0.25) is 0 Å². The van der Waals surface area contributed by atoms with Crippen molar-refractivity contribution in [2.24, 2.45) is 0 Å². The van der Waals surface area contributed by atoms with E-state index in [1.807, 2.05) is 6.92 Å². The average molecular weight is 475 g/mol. The van der Waals surface area contributed by atoms with E-state index in [-0.39, 0.29) is 17.8 Å². The third-order valence-electron chi connectivity index (χ3n) is 4.27. The summed E-state index contributed by atoms with van der Waals surface area (Å²) in [7, 11) is 0. The van der Waals surface area contributed by atoms with Crippen LogP contribution in [0.25, 0.3) is 6.08 Å². The van der Waals surface area contributed by atoms with Crippen molar-refractivity contribution in [3.8, 4) is 11.5 Å². The maximum absolute atomic E-state index is 13.9. The number of nitrogens with zero attached hydrogens (tertiary/aromatic N) is 1. The van der Waals surface area contributed by atoms with E-state index in [9.17, 15) is 14.0 Å². The molecule has 0 spiro atoms. The van der Waals surface area contributed by atoms with Gasteiger partial charge in [0.1, 0.15) is 18.1 Å². The summed E-state index contributed by atoms with van der Waals surface area (Å²) in [4.78, 5) is 26.0. The average Bonchev–Trinajstić information content (AvgIpc) is 2.98. The van der Waals surface area contributed by atoms with E-state index in [0.29, 0.717) is 34.7 Å². The number of hydrogen-bond acceptors (Lipinski definition) is 4. The molecule has 0 bridgehead atoms. The SMILES string of the molecule is C=CCOc1cc(Br)c(/C=C2/NC(=O)N(Cc3ccccc3F)C2=O)cc1OCC. The summed E-state index contributed by atoms with van der Waals surface area (Å²) in [5, 5.41) is 2.54. The molecular weight excluding hydrogens is 455 g/mol. The highest BCUT2D eigenvalue weighted by molar-refractivity contribution is 9.10. The molecule has 1 saturated heterocycles. The van der Waals surface area contributed by atoms with Crippen molar-refractivity contribution >= 4 is 33.9 Å². The van der Waals surface area contributed by atoms with Crippen LogP contribution in [0, 0.1) is 5.82 Å². The zero-order valence-electron chi connectivity index (χ0n) is 16.3. The highest BCUT2D eigenvalue weighted by Crippen LogP contribution is 2.35. The van der Waals surface area contributed by atoms with E-state index in [4.69, 9.17) is 9.47 Å². The molecule has 0 atom stereocenters.